The van der Waals surface area contributed by atoms with Crippen LogP contribution in [0.3, 0.4) is 0 Å². The molecule has 186 valence electrons. The van der Waals surface area contributed by atoms with Gasteiger partial charge in [-0.3, -0.25) is 9.51 Å². The number of hydrogen-bond donors (Lipinski definition) is 1. The first-order chi connectivity index (χ1) is 18.0. The predicted octanol–water partition coefficient (Wildman–Crippen LogP) is 5.12. The van der Waals surface area contributed by atoms with Crippen molar-refractivity contribution in [1.82, 2.24) is 24.7 Å². The van der Waals surface area contributed by atoms with Gasteiger partial charge < -0.3 is 9.30 Å². The highest BCUT2D eigenvalue weighted by Crippen LogP contribution is 2.41. The van der Waals surface area contributed by atoms with Crippen molar-refractivity contribution in [1.29, 1.82) is 0 Å². The number of aromatic amines is 1. The van der Waals surface area contributed by atoms with Crippen LogP contribution in [0.4, 0.5) is 4.39 Å². The number of aromatic nitrogens is 5. The van der Waals surface area contributed by atoms with Gasteiger partial charge in [0.05, 0.1) is 6.54 Å². The van der Waals surface area contributed by atoms with E-state index in [1.165, 1.54) is 12.1 Å². The second-order valence-electron chi connectivity index (χ2n) is 9.07. The maximum atomic E-state index is 14.1. The fraction of sp³-hybridized carbons (Fsp3) is 0.214. The molecule has 0 unspecified atom stereocenters. The minimum Gasteiger partial charge on any atom is -0.488 e. The number of pyridine rings is 1. The summed E-state index contributed by atoms with van der Waals surface area (Å²) in [4.78, 5) is 23.6. The van der Waals surface area contributed by atoms with E-state index in [9.17, 15) is 9.18 Å². The first kappa shape index (κ1) is 22.9. The van der Waals surface area contributed by atoms with Gasteiger partial charge in [-0.1, -0.05) is 24.2 Å². The summed E-state index contributed by atoms with van der Waals surface area (Å²) < 4.78 is 27.1. The normalized spacial score (nSPS) is 14.1. The highest BCUT2D eigenvalue weighted by Gasteiger charge is 2.24. The van der Waals surface area contributed by atoms with Crippen molar-refractivity contribution >= 4 is 22.3 Å². The van der Waals surface area contributed by atoms with Crippen LogP contribution in [-0.4, -0.2) is 24.7 Å². The zero-order valence-corrected chi connectivity index (χ0v) is 20.4. The highest BCUT2D eigenvalue weighted by molar-refractivity contribution is 5.99. The van der Waals surface area contributed by atoms with Gasteiger partial charge in [-0.05, 0) is 65.9 Å². The molecule has 1 aliphatic heterocycles. The summed E-state index contributed by atoms with van der Waals surface area (Å²) in [6, 6.07) is 14.5. The number of aryl methyl sites for hydroxylation is 1. The number of rotatable bonds is 5. The molecule has 0 radical (unpaired) electrons. The first-order valence-electron chi connectivity index (χ1n) is 12.1. The minimum absolute atomic E-state index is 0.260. The first-order valence-corrected chi connectivity index (χ1v) is 12.1. The van der Waals surface area contributed by atoms with Crippen LogP contribution in [-0.2, 0) is 19.6 Å². The van der Waals surface area contributed by atoms with Crippen LogP contribution in [0, 0.1) is 5.82 Å². The zero-order valence-electron chi connectivity index (χ0n) is 20.4. The second kappa shape index (κ2) is 9.16. The van der Waals surface area contributed by atoms with Gasteiger partial charge in [0.2, 0.25) is 0 Å². The maximum absolute atomic E-state index is 14.1. The molecule has 0 fully saturated rings. The fourth-order valence-electron chi connectivity index (χ4n) is 4.91. The molecule has 0 aliphatic carbocycles. The van der Waals surface area contributed by atoms with Crippen molar-refractivity contribution in [2.45, 2.75) is 39.8 Å². The Morgan fingerprint density at radius 3 is 2.84 bits per heavy atom. The van der Waals surface area contributed by atoms with Gasteiger partial charge >= 0.3 is 5.76 Å². The molecule has 2 aromatic carbocycles. The van der Waals surface area contributed by atoms with Crippen molar-refractivity contribution in [2.24, 2.45) is 0 Å². The van der Waals surface area contributed by atoms with Gasteiger partial charge in [0.25, 0.3) is 0 Å². The Hall–Kier alpha value is -4.53. The maximum Gasteiger partial charge on any atom is 0.439 e. The van der Waals surface area contributed by atoms with Crippen LogP contribution in [0.2, 0.25) is 0 Å². The van der Waals surface area contributed by atoms with E-state index >= 15 is 0 Å². The monoisotopic (exact) mass is 497 g/mol. The van der Waals surface area contributed by atoms with E-state index in [1.807, 2.05) is 25.1 Å². The third kappa shape index (κ3) is 4.12. The molecule has 1 aliphatic rings. The smallest absolute Gasteiger partial charge is 0.439 e. The van der Waals surface area contributed by atoms with Gasteiger partial charge in [-0.25, -0.2) is 19.2 Å². The Morgan fingerprint density at radius 2 is 2.03 bits per heavy atom. The molecule has 8 nitrogen and oxygen atoms in total. The summed E-state index contributed by atoms with van der Waals surface area (Å²) in [5.41, 5.74) is 6.84. The van der Waals surface area contributed by atoms with E-state index in [0.29, 0.717) is 29.3 Å². The van der Waals surface area contributed by atoms with Crippen molar-refractivity contribution < 1.29 is 13.7 Å². The average molecular weight is 498 g/mol. The Labute approximate surface area is 211 Å². The molecule has 4 heterocycles. The molecule has 0 bridgehead atoms. The summed E-state index contributed by atoms with van der Waals surface area (Å²) in [5, 5.41) is 3.88. The van der Waals surface area contributed by atoms with Crippen LogP contribution in [0.15, 0.2) is 64.0 Å². The number of hydrogen-bond acceptors (Lipinski definition) is 6. The lowest BCUT2D eigenvalue weighted by Crippen LogP contribution is -2.07. The number of benzene rings is 2. The van der Waals surface area contributed by atoms with Gasteiger partial charge in [-0.15, -0.1) is 0 Å². The van der Waals surface area contributed by atoms with Crippen LogP contribution in [0.5, 0.6) is 5.75 Å². The average Bonchev–Trinajstić information content (AvgIpc) is 3.44. The van der Waals surface area contributed by atoms with Crippen LogP contribution < -0.4 is 10.5 Å². The van der Waals surface area contributed by atoms with Gasteiger partial charge in [-0.2, -0.15) is 0 Å². The van der Waals surface area contributed by atoms with Gasteiger partial charge in [0, 0.05) is 29.8 Å². The number of imidazole rings is 1. The van der Waals surface area contributed by atoms with Crippen LogP contribution in [0.1, 0.15) is 54.2 Å². The third-order valence-electron chi connectivity index (χ3n) is 6.60. The molecule has 0 saturated carbocycles. The van der Waals surface area contributed by atoms with Crippen molar-refractivity contribution in [3.05, 3.63) is 105 Å². The van der Waals surface area contributed by atoms with E-state index in [1.54, 1.807) is 12.3 Å². The molecule has 0 spiro atoms. The summed E-state index contributed by atoms with van der Waals surface area (Å²) >= 11 is 0. The predicted molar refractivity (Wildman–Crippen MR) is 137 cm³/mol. The summed E-state index contributed by atoms with van der Waals surface area (Å²) in [6.45, 7) is 4.85. The minimum atomic E-state index is -0.640. The Morgan fingerprint density at radius 1 is 1.16 bits per heavy atom. The SMILES string of the molecule is CCCc1nc2cccnc2n1Cc1ccc2c(c1)COc1cc(F)ccc1C2=C(C)c1noc(=O)[nH]1. The van der Waals surface area contributed by atoms with Crippen LogP contribution in [0.25, 0.3) is 22.3 Å². The summed E-state index contributed by atoms with van der Waals surface area (Å²) in [7, 11) is 0. The summed E-state index contributed by atoms with van der Waals surface area (Å²) in [6.07, 6.45) is 3.62. The third-order valence-corrected chi connectivity index (χ3v) is 6.60. The number of halogens is 1. The van der Waals surface area contributed by atoms with E-state index < -0.39 is 5.76 Å². The molecule has 1 N–H and O–H groups in total. The van der Waals surface area contributed by atoms with Gasteiger partial charge in [0.1, 0.15) is 29.5 Å². The number of fused-ring (bicyclic) bond motifs is 3. The molecule has 0 amide bonds. The molecule has 9 heteroatoms. The molecule has 37 heavy (non-hydrogen) atoms. The molecule has 0 saturated heterocycles. The topological polar surface area (TPSA) is 98.8 Å². The Balaban J connectivity index is 1.48. The molecular weight excluding hydrogens is 473 g/mol. The molecule has 6 rings (SSSR count). The van der Waals surface area contributed by atoms with E-state index in [-0.39, 0.29) is 12.4 Å². The number of H-pyrrole nitrogens is 1. The quantitative estimate of drug-likeness (QED) is 0.362. The lowest BCUT2D eigenvalue weighted by molar-refractivity contribution is 0.305. The number of nitrogens with zero attached hydrogens (tertiary/aromatic N) is 4. The van der Waals surface area contributed by atoms with Gasteiger partial charge in [0.15, 0.2) is 11.5 Å². The Bertz CT molecular complexity index is 1730. The van der Waals surface area contributed by atoms with E-state index in [4.69, 9.17) is 14.2 Å². The fourth-order valence-corrected chi connectivity index (χ4v) is 4.91. The van der Waals surface area contributed by atoms with E-state index in [2.05, 4.69) is 38.7 Å². The van der Waals surface area contributed by atoms with Crippen molar-refractivity contribution in [3.63, 3.8) is 0 Å². The number of ether oxygens (including phenoxy) is 1. The highest BCUT2D eigenvalue weighted by atomic mass is 19.1. The lowest BCUT2D eigenvalue weighted by Gasteiger charge is -2.15. The Kier molecular flexibility index (Phi) is 5.67. The summed E-state index contributed by atoms with van der Waals surface area (Å²) in [5.74, 6) is 0.705. The standard InChI is InChI=1S/C28H24FN5O3/c1-3-5-24-31-22-6-4-11-30-27(22)34(24)14-17-7-9-20-18(12-17)15-36-23-13-19(29)8-10-21(23)25(20)16(2)26-32-28(35)37-33-26/h4,6-13H,3,5,14-15H2,1-2H3,(H,32,33,35). The lowest BCUT2D eigenvalue weighted by atomic mass is 9.89. The largest absolute Gasteiger partial charge is 0.488 e. The number of nitrogens with one attached hydrogen (secondary N) is 1. The second-order valence-corrected chi connectivity index (χ2v) is 9.07. The molecular formula is C28H24FN5O3. The molecule has 3 aromatic heterocycles. The van der Waals surface area contributed by atoms with Crippen LogP contribution >= 0.6 is 0 Å². The molecule has 0 atom stereocenters. The molecule has 5 aromatic rings. The van der Waals surface area contributed by atoms with Crippen molar-refractivity contribution in [3.8, 4) is 5.75 Å². The zero-order chi connectivity index (χ0) is 25.5. The van der Waals surface area contributed by atoms with E-state index in [0.717, 1.165) is 52.1 Å². The van der Waals surface area contributed by atoms with Crippen molar-refractivity contribution in [2.75, 3.05) is 0 Å². The number of allylic oxidation sites excluding steroid dienone is 1.